The summed E-state index contributed by atoms with van der Waals surface area (Å²) in [7, 11) is 0. The van der Waals surface area contributed by atoms with Crippen molar-refractivity contribution in [2.24, 2.45) is 0 Å². The van der Waals surface area contributed by atoms with E-state index < -0.39 is 5.54 Å². The van der Waals surface area contributed by atoms with Crippen molar-refractivity contribution < 1.29 is 0 Å². The molecule has 1 atom stereocenters. The van der Waals surface area contributed by atoms with Crippen LogP contribution in [0.25, 0.3) is 0 Å². The molecule has 1 heterocycles. The Morgan fingerprint density at radius 2 is 1.75 bits per heavy atom. The average molecular weight is 224 g/mol. The highest BCUT2D eigenvalue weighted by atomic mass is 15.3. The van der Waals surface area contributed by atoms with Crippen molar-refractivity contribution in [1.29, 1.82) is 5.26 Å². The van der Waals surface area contributed by atoms with E-state index in [0.717, 1.165) is 45.8 Å². The molecule has 1 saturated heterocycles. The number of hydrogen-bond donors (Lipinski definition) is 1. The van der Waals surface area contributed by atoms with Crippen molar-refractivity contribution >= 4 is 0 Å². The van der Waals surface area contributed by atoms with Gasteiger partial charge in [-0.1, -0.05) is 13.8 Å². The van der Waals surface area contributed by atoms with E-state index in [0.29, 0.717) is 0 Å². The van der Waals surface area contributed by atoms with Gasteiger partial charge in [-0.05, 0) is 20.0 Å². The van der Waals surface area contributed by atoms with E-state index in [1.807, 2.05) is 13.8 Å². The van der Waals surface area contributed by atoms with Crippen LogP contribution >= 0.6 is 0 Å². The summed E-state index contributed by atoms with van der Waals surface area (Å²) in [6, 6.07) is 2.39. The molecule has 1 rings (SSSR count). The fourth-order valence-corrected chi connectivity index (χ4v) is 2.23. The number of likely N-dealkylation sites (N-methyl/N-ethyl adjacent to an activating group) is 2. The van der Waals surface area contributed by atoms with E-state index in [1.165, 1.54) is 0 Å². The van der Waals surface area contributed by atoms with Gasteiger partial charge in [0.15, 0.2) is 0 Å². The second-order valence-electron chi connectivity index (χ2n) is 4.68. The molecule has 0 aliphatic carbocycles. The standard InChI is InChI=1S/C12H24N4/c1-4-14-12(3,10-13)11-16-8-6-15(5-2)7-9-16/h14H,4-9,11H2,1-3H3. The van der Waals surface area contributed by atoms with Crippen molar-refractivity contribution in [1.82, 2.24) is 15.1 Å². The molecule has 1 aliphatic rings. The van der Waals surface area contributed by atoms with Gasteiger partial charge in [0.2, 0.25) is 0 Å². The highest BCUT2D eigenvalue weighted by Gasteiger charge is 2.27. The van der Waals surface area contributed by atoms with Crippen molar-refractivity contribution in [3.05, 3.63) is 0 Å². The first-order chi connectivity index (χ1) is 7.63. The monoisotopic (exact) mass is 224 g/mol. The Hall–Kier alpha value is -0.630. The molecule has 0 spiro atoms. The maximum absolute atomic E-state index is 9.20. The molecule has 0 radical (unpaired) electrons. The van der Waals surface area contributed by atoms with Crippen LogP contribution in [0.15, 0.2) is 0 Å². The number of piperazine rings is 1. The lowest BCUT2D eigenvalue weighted by molar-refractivity contribution is 0.119. The van der Waals surface area contributed by atoms with Gasteiger partial charge in [0.25, 0.3) is 0 Å². The maximum atomic E-state index is 9.20. The van der Waals surface area contributed by atoms with Gasteiger partial charge in [0, 0.05) is 32.7 Å². The Morgan fingerprint density at radius 1 is 1.19 bits per heavy atom. The molecule has 4 heteroatoms. The van der Waals surface area contributed by atoms with Crippen molar-refractivity contribution in [3.63, 3.8) is 0 Å². The summed E-state index contributed by atoms with van der Waals surface area (Å²) in [6.07, 6.45) is 0. The third kappa shape index (κ3) is 3.75. The summed E-state index contributed by atoms with van der Waals surface area (Å²) in [6.45, 7) is 13.5. The summed E-state index contributed by atoms with van der Waals surface area (Å²) in [4.78, 5) is 4.84. The number of nitriles is 1. The summed E-state index contributed by atoms with van der Waals surface area (Å²) < 4.78 is 0. The molecular weight excluding hydrogens is 200 g/mol. The van der Waals surface area contributed by atoms with Crippen LogP contribution in [-0.2, 0) is 0 Å². The zero-order valence-electron chi connectivity index (χ0n) is 10.8. The van der Waals surface area contributed by atoms with E-state index in [4.69, 9.17) is 0 Å². The zero-order valence-corrected chi connectivity index (χ0v) is 10.8. The molecule has 0 amide bonds. The maximum Gasteiger partial charge on any atom is 0.116 e. The summed E-state index contributed by atoms with van der Waals surface area (Å²) in [5.74, 6) is 0. The van der Waals surface area contributed by atoms with Crippen LogP contribution in [-0.4, -0.2) is 61.2 Å². The molecular formula is C12H24N4. The first kappa shape index (κ1) is 13.4. The van der Waals surface area contributed by atoms with Crippen LogP contribution in [0.2, 0.25) is 0 Å². The molecule has 0 saturated carbocycles. The van der Waals surface area contributed by atoms with Crippen LogP contribution in [0.5, 0.6) is 0 Å². The average Bonchev–Trinajstić information content (AvgIpc) is 2.30. The SMILES string of the molecule is CCNC(C)(C#N)CN1CCN(CC)CC1. The van der Waals surface area contributed by atoms with Crippen LogP contribution in [0.3, 0.4) is 0 Å². The van der Waals surface area contributed by atoms with Crippen molar-refractivity contribution in [2.45, 2.75) is 26.3 Å². The number of rotatable bonds is 5. The number of nitrogens with zero attached hydrogens (tertiary/aromatic N) is 3. The first-order valence-corrected chi connectivity index (χ1v) is 6.24. The fourth-order valence-electron chi connectivity index (χ4n) is 2.23. The predicted octanol–water partition coefficient (Wildman–Crippen LogP) is 0.516. The van der Waals surface area contributed by atoms with Crippen LogP contribution in [0.1, 0.15) is 20.8 Å². The van der Waals surface area contributed by atoms with Gasteiger partial charge < -0.3 is 4.90 Å². The minimum Gasteiger partial charge on any atom is -0.301 e. The minimum atomic E-state index is -0.400. The molecule has 1 fully saturated rings. The Balaban J connectivity index is 2.40. The number of hydrogen-bond acceptors (Lipinski definition) is 4. The minimum absolute atomic E-state index is 0.400. The third-order valence-electron chi connectivity index (χ3n) is 3.27. The van der Waals surface area contributed by atoms with Gasteiger partial charge >= 0.3 is 0 Å². The molecule has 92 valence electrons. The van der Waals surface area contributed by atoms with E-state index in [2.05, 4.69) is 28.1 Å². The lowest BCUT2D eigenvalue weighted by Gasteiger charge is -2.37. The van der Waals surface area contributed by atoms with Crippen LogP contribution in [0.4, 0.5) is 0 Å². The second kappa shape index (κ2) is 6.19. The fraction of sp³-hybridized carbons (Fsp3) is 0.917. The molecule has 0 bridgehead atoms. The lowest BCUT2D eigenvalue weighted by Crippen LogP contribution is -2.55. The molecule has 4 nitrogen and oxygen atoms in total. The summed E-state index contributed by atoms with van der Waals surface area (Å²) in [5.41, 5.74) is -0.400. The van der Waals surface area contributed by atoms with E-state index in [-0.39, 0.29) is 0 Å². The van der Waals surface area contributed by atoms with E-state index in [1.54, 1.807) is 0 Å². The Kier molecular flexibility index (Phi) is 5.20. The zero-order chi connectivity index (χ0) is 12.0. The molecule has 1 unspecified atom stereocenters. The van der Waals surface area contributed by atoms with Crippen molar-refractivity contribution in [3.8, 4) is 6.07 Å². The van der Waals surface area contributed by atoms with Gasteiger partial charge in [0.05, 0.1) is 6.07 Å². The molecule has 1 aliphatic heterocycles. The highest BCUT2D eigenvalue weighted by molar-refractivity contribution is 5.05. The quantitative estimate of drug-likeness (QED) is 0.739. The van der Waals surface area contributed by atoms with E-state index >= 15 is 0 Å². The van der Waals surface area contributed by atoms with E-state index in [9.17, 15) is 5.26 Å². The first-order valence-electron chi connectivity index (χ1n) is 6.24. The van der Waals surface area contributed by atoms with Gasteiger partial charge in [-0.3, -0.25) is 10.2 Å². The lowest BCUT2D eigenvalue weighted by atomic mass is 10.0. The van der Waals surface area contributed by atoms with Gasteiger partial charge in [-0.2, -0.15) is 5.26 Å². The molecule has 16 heavy (non-hydrogen) atoms. The second-order valence-corrected chi connectivity index (χ2v) is 4.68. The summed E-state index contributed by atoms with van der Waals surface area (Å²) >= 11 is 0. The van der Waals surface area contributed by atoms with Gasteiger partial charge in [-0.25, -0.2) is 0 Å². The molecule has 0 aromatic rings. The highest BCUT2D eigenvalue weighted by Crippen LogP contribution is 2.08. The molecule has 1 N–H and O–H groups in total. The van der Waals surface area contributed by atoms with Crippen molar-refractivity contribution in [2.75, 3.05) is 45.8 Å². The molecule has 0 aromatic carbocycles. The van der Waals surface area contributed by atoms with Crippen LogP contribution in [0, 0.1) is 11.3 Å². The molecule has 0 aromatic heterocycles. The summed E-state index contributed by atoms with van der Waals surface area (Å²) in [5, 5.41) is 12.5. The largest absolute Gasteiger partial charge is 0.301 e. The van der Waals surface area contributed by atoms with Gasteiger partial charge in [-0.15, -0.1) is 0 Å². The number of nitrogens with one attached hydrogen (secondary N) is 1. The predicted molar refractivity (Wildman–Crippen MR) is 66.2 cm³/mol. The third-order valence-corrected chi connectivity index (χ3v) is 3.27. The smallest absolute Gasteiger partial charge is 0.116 e. The Labute approximate surface area is 99.2 Å². The van der Waals surface area contributed by atoms with Crippen LogP contribution < -0.4 is 5.32 Å². The Bertz CT molecular complexity index is 240. The normalized spacial score (nSPS) is 22.6. The topological polar surface area (TPSA) is 42.3 Å². The Morgan fingerprint density at radius 3 is 2.19 bits per heavy atom. The van der Waals surface area contributed by atoms with Gasteiger partial charge in [0.1, 0.15) is 5.54 Å².